The van der Waals surface area contributed by atoms with Crippen molar-refractivity contribution in [3.05, 3.63) is 37.5 Å². The third-order valence-electron chi connectivity index (χ3n) is 3.82. The molecule has 0 aliphatic rings. The van der Waals surface area contributed by atoms with Gasteiger partial charge in [0.05, 0.1) is 6.10 Å². The number of hydrogen-bond donors (Lipinski definition) is 0. The maximum absolute atomic E-state index is 11.4. The predicted octanol–water partition coefficient (Wildman–Crippen LogP) is 3.86. The second-order valence-corrected chi connectivity index (χ2v) is 11.3. The van der Waals surface area contributed by atoms with Crippen molar-refractivity contribution in [2.75, 3.05) is 13.9 Å². The van der Waals surface area contributed by atoms with Gasteiger partial charge in [0.2, 0.25) is 0 Å². The molecule has 0 spiro atoms. The molecule has 0 fully saturated rings. The molecule has 0 aliphatic heterocycles. The van der Waals surface area contributed by atoms with E-state index in [4.69, 9.17) is 13.9 Å². The van der Waals surface area contributed by atoms with Crippen LogP contribution < -0.4 is 0 Å². The summed E-state index contributed by atoms with van der Waals surface area (Å²) in [5.74, 6) is -0.179. The highest BCUT2D eigenvalue weighted by molar-refractivity contribution is 6.74. The normalized spacial score (nSPS) is 15.5. The molecule has 5 heteroatoms. The molecule has 0 aromatic heterocycles. The molecule has 126 valence electrons. The lowest BCUT2D eigenvalue weighted by atomic mass is 10.1. The number of carbonyl (C=O) groups is 1. The van der Waals surface area contributed by atoms with Crippen LogP contribution in [0, 0.1) is 0 Å². The third-order valence-corrected chi connectivity index (χ3v) is 8.30. The number of hydrogen-bond acceptors (Lipinski definition) is 4. The summed E-state index contributed by atoms with van der Waals surface area (Å²) in [4.78, 5) is 11.4. The largest absolute Gasteiger partial charge is 0.408 e. The minimum absolute atomic E-state index is 0.0702. The number of rotatable bonds is 10. The van der Waals surface area contributed by atoms with E-state index in [1.165, 1.54) is 12.2 Å². The standard InChI is InChI=1S/C17H30O4Si/c1-9-14(18)11-12-16(20-13-19-6)15(10-2)21-22(7,8)17(3,4)5/h9-12,15-16H,1-2,13H2,3-8H3/b12-11+/t15-,16-/m1/s1. The van der Waals surface area contributed by atoms with Crippen LogP contribution in [-0.2, 0) is 18.7 Å². The molecule has 4 nitrogen and oxygen atoms in total. The summed E-state index contributed by atoms with van der Waals surface area (Å²) in [5, 5.41) is 0.0702. The maximum Gasteiger partial charge on any atom is 0.193 e. The zero-order valence-electron chi connectivity index (χ0n) is 14.7. The first-order valence-electron chi connectivity index (χ1n) is 7.34. The van der Waals surface area contributed by atoms with E-state index in [0.29, 0.717) is 0 Å². The predicted molar refractivity (Wildman–Crippen MR) is 93.4 cm³/mol. The fourth-order valence-corrected chi connectivity index (χ4v) is 2.69. The lowest BCUT2D eigenvalue weighted by molar-refractivity contribution is -0.110. The Bertz CT molecular complexity index is 407. The Hall–Kier alpha value is -1.01. The van der Waals surface area contributed by atoms with Crippen LogP contribution in [0.1, 0.15) is 20.8 Å². The number of ketones is 1. The zero-order chi connectivity index (χ0) is 17.4. The van der Waals surface area contributed by atoms with Gasteiger partial charge in [-0.15, -0.1) is 6.58 Å². The lowest BCUT2D eigenvalue weighted by Gasteiger charge is -2.40. The van der Waals surface area contributed by atoms with Gasteiger partial charge in [0.1, 0.15) is 12.9 Å². The van der Waals surface area contributed by atoms with Gasteiger partial charge in [0.25, 0.3) is 0 Å². The van der Waals surface area contributed by atoms with Crippen molar-refractivity contribution in [1.82, 2.24) is 0 Å². The van der Waals surface area contributed by atoms with Crippen molar-refractivity contribution in [2.45, 2.75) is 51.1 Å². The molecule has 0 heterocycles. The molecule has 0 saturated carbocycles. The van der Waals surface area contributed by atoms with Gasteiger partial charge >= 0.3 is 0 Å². The van der Waals surface area contributed by atoms with E-state index in [2.05, 4.69) is 47.0 Å². The molecule has 0 radical (unpaired) electrons. The Labute approximate surface area is 136 Å². The highest BCUT2D eigenvalue weighted by Crippen LogP contribution is 2.38. The van der Waals surface area contributed by atoms with Crippen molar-refractivity contribution >= 4 is 14.1 Å². The van der Waals surface area contributed by atoms with Crippen molar-refractivity contribution in [1.29, 1.82) is 0 Å². The molecule has 0 saturated heterocycles. The highest BCUT2D eigenvalue weighted by atomic mass is 28.4. The summed E-state index contributed by atoms with van der Waals surface area (Å²) in [6, 6.07) is 0. The Balaban J connectivity index is 5.21. The quantitative estimate of drug-likeness (QED) is 0.265. The minimum Gasteiger partial charge on any atom is -0.408 e. The molecule has 0 rings (SSSR count). The van der Waals surface area contributed by atoms with Gasteiger partial charge in [0.15, 0.2) is 14.1 Å². The second-order valence-electron chi connectivity index (χ2n) is 6.58. The van der Waals surface area contributed by atoms with Crippen molar-refractivity contribution in [3.63, 3.8) is 0 Å². The van der Waals surface area contributed by atoms with E-state index in [-0.39, 0.29) is 23.7 Å². The molecule has 0 aliphatic carbocycles. The summed E-state index contributed by atoms with van der Waals surface area (Å²) in [7, 11) is -0.438. The molecule has 2 atom stereocenters. The van der Waals surface area contributed by atoms with Crippen LogP contribution in [0.25, 0.3) is 0 Å². The van der Waals surface area contributed by atoms with E-state index in [1.807, 2.05) is 0 Å². The molecule has 0 aromatic rings. The van der Waals surface area contributed by atoms with Gasteiger partial charge in [-0.2, -0.15) is 0 Å². The van der Waals surface area contributed by atoms with Crippen LogP contribution in [0.5, 0.6) is 0 Å². The van der Waals surface area contributed by atoms with Gasteiger partial charge in [0, 0.05) is 7.11 Å². The fourth-order valence-electron chi connectivity index (χ4n) is 1.43. The van der Waals surface area contributed by atoms with E-state index >= 15 is 0 Å². The number of carbonyl (C=O) groups excluding carboxylic acids is 1. The maximum atomic E-state index is 11.4. The monoisotopic (exact) mass is 326 g/mol. The summed E-state index contributed by atoms with van der Waals surface area (Å²) < 4.78 is 16.9. The van der Waals surface area contributed by atoms with E-state index in [9.17, 15) is 4.79 Å². The Morgan fingerprint density at radius 3 is 2.23 bits per heavy atom. The van der Waals surface area contributed by atoms with Crippen molar-refractivity contribution in [3.8, 4) is 0 Å². The van der Waals surface area contributed by atoms with E-state index < -0.39 is 14.4 Å². The summed E-state index contributed by atoms with van der Waals surface area (Å²) in [6.07, 6.45) is 5.28. The van der Waals surface area contributed by atoms with Crippen molar-refractivity contribution < 1.29 is 18.7 Å². The molecule has 0 N–H and O–H groups in total. The summed E-state index contributed by atoms with van der Waals surface area (Å²) in [6.45, 7) is 18.2. The van der Waals surface area contributed by atoms with E-state index in [1.54, 1.807) is 19.3 Å². The average molecular weight is 327 g/mol. The first-order valence-corrected chi connectivity index (χ1v) is 10.3. The summed E-state index contributed by atoms with van der Waals surface area (Å²) in [5.41, 5.74) is 0. The zero-order valence-corrected chi connectivity index (χ0v) is 15.7. The number of ether oxygens (including phenoxy) is 2. The molecule has 0 bridgehead atoms. The molecule has 0 aromatic carbocycles. The number of methoxy groups -OCH3 is 1. The average Bonchev–Trinajstić information content (AvgIpc) is 2.43. The minimum atomic E-state index is -1.99. The van der Waals surface area contributed by atoms with E-state index in [0.717, 1.165) is 0 Å². The van der Waals surface area contributed by atoms with Crippen LogP contribution in [0.2, 0.25) is 18.1 Å². The molecular weight excluding hydrogens is 296 g/mol. The smallest absolute Gasteiger partial charge is 0.193 e. The van der Waals surface area contributed by atoms with Gasteiger partial charge in [-0.25, -0.2) is 0 Å². The Morgan fingerprint density at radius 2 is 1.82 bits per heavy atom. The number of allylic oxidation sites excluding steroid dienone is 2. The van der Waals surface area contributed by atoms with Gasteiger partial charge in [-0.05, 0) is 36.4 Å². The first kappa shape index (κ1) is 21.0. The Morgan fingerprint density at radius 1 is 1.23 bits per heavy atom. The van der Waals surface area contributed by atoms with Crippen LogP contribution in [0.15, 0.2) is 37.5 Å². The fraction of sp³-hybridized carbons (Fsp3) is 0.588. The highest BCUT2D eigenvalue weighted by Gasteiger charge is 2.40. The van der Waals surface area contributed by atoms with Gasteiger partial charge in [-0.1, -0.05) is 33.4 Å². The van der Waals surface area contributed by atoms with Crippen LogP contribution in [0.3, 0.4) is 0 Å². The summed E-state index contributed by atoms with van der Waals surface area (Å²) >= 11 is 0. The second kappa shape index (κ2) is 9.20. The first-order chi connectivity index (χ1) is 10.1. The topological polar surface area (TPSA) is 44.8 Å². The van der Waals surface area contributed by atoms with Crippen LogP contribution in [-0.4, -0.2) is 40.2 Å². The van der Waals surface area contributed by atoms with Gasteiger partial charge < -0.3 is 13.9 Å². The Kier molecular flexibility index (Phi) is 8.78. The molecule has 0 amide bonds. The van der Waals surface area contributed by atoms with Crippen LogP contribution in [0.4, 0.5) is 0 Å². The lowest BCUT2D eigenvalue weighted by Crippen LogP contribution is -2.46. The molecule has 0 unspecified atom stereocenters. The molecule has 22 heavy (non-hydrogen) atoms. The molecular formula is C17H30O4Si. The third kappa shape index (κ3) is 6.83. The van der Waals surface area contributed by atoms with Crippen molar-refractivity contribution in [2.24, 2.45) is 0 Å². The van der Waals surface area contributed by atoms with Gasteiger partial charge in [-0.3, -0.25) is 4.79 Å². The van der Waals surface area contributed by atoms with Crippen LogP contribution >= 0.6 is 0 Å². The SMILES string of the molecule is C=CC(=O)/C=C/[C@@H](OCOC)[C@@H](C=C)O[Si](C)(C)C(C)(C)C.